The van der Waals surface area contributed by atoms with E-state index in [9.17, 15) is 4.79 Å². The molecule has 18 heavy (non-hydrogen) atoms. The van der Waals surface area contributed by atoms with Gasteiger partial charge in [0, 0.05) is 37.5 Å². The largest absolute Gasteiger partial charge is 0.346 e. The van der Waals surface area contributed by atoms with Crippen molar-refractivity contribution < 1.29 is 4.79 Å². The first kappa shape index (κ1) is 12.1. The summed E-state index contributed by atoms with van der Waals surface area (Å²) < 4.78 is 0. The van der Waals surface area contributed by atoms with Crippen LogP contribution in [0.15, 0.2) is 0 Å². The molecule has 0 aromatic carbocycles. The lowest BCUT2D eigenvalue weighted by molar-refractivity contribution is 0.0968. The Morgan fingerprint density at radius 2 is 2.00 bits per heavy atom. The van der Waals surface area contributed by atoms with Crippen LogP contribution in [0.4, 0.5) is 5.13 Å². The number of hydrogen-bond acceptors (Lipinski definition) is 5. The van der Waals surface area contributed by atoms with Gasteiger partial charge in [-0.05, 0) is 19.4 Å². The number of aromatic nitrogens is 1. The fourth-order valence-electron chi connectivity index (χ4n) is 2.65. The number of rotatable bonds is 2. The summed E-state index contributed by atoms with van der Waals surface area (Å²) in [6.45, 7) is 7.61. The molecule has 98 valence electrons. The highest BCUT2D eigenvalue weighted by molar-refractivity contribution is 7.16. The number of ketones is 1. The summed E-state index contributed by atoms with van der Waals surface area (Å²) in [6.07, 6.45) is 2.71. The number of hydrogen-bond donors (Lipinski definition) is 0. The summed E-state index contributed by atoms with van der Waals surface area (Å²) in [6, 6.07) is 0. The van der Waals surface area contributed by atoms with E-state index in [1.807, 2.05) is 0 Å². The molecule has 0 bridgehead atoms. The quantitative estimate of drug-likeness (QED) is 0.817. The second kappa shape index (κ2) is 4.97. The molecular weight excluding hydrogens is 246 g/mol. The Morgan fingerprint density at radius 3 is 2.67 bits per heavy atom. The SMILES string of the molecule is CCN1CCN(c2nc3c(s2)CCCC3=O)CC1. The number of anilines is 1. The van der Waals surface area contributed by atoms with E-state index in [0.29, 0.717) is 6.42 Å². The first-order chi connectivity index (χ1) is 8.78. The van der Waals surface area contributed by atoms with Crippen LogP contribution < -0.4 is 4.90 Å². The number of carbonyl (C=O) groups excluding carboxylic acids is 1. The number of nitrogens with zero attached hydrogens (tertiary/aromatic N) is 3. The van der Waals surface area contributed by atoms with Crippen LogP contribution in [0.25, 0.3) is 0 Å². The van der Waals surface area contributed by atoms with Crippen molar-refractivity contribution in [2.24, 2.45) is 0 Å². The molecule has 0 unspecified atom stereocenters. The van der Waals surface area contributed by atoms with Gasteiger partial charge in [-0.2, -0.15) is 0 Å². The Balaban J connectivity index is 1.76. The third-order valence-electron chi connectivity index (χ3n) is 3.85. The summed E-state index contributed by atoms with van der Waals surface area (Å²) >= 11 is 1.73. The monoisotopic (exact) mass is 265 g/mol. The van der Waals surface area contributed by atoms with E-state index in [4.69, 9.17) is 0 Å². The predicted octanol–water partition coefficient (Wildman–Crippen LogP) is 1.80. The fourth-order valence-corrected chi connectivity index (χ4v) is 3.82. The van der Waals surface area contributed by atoms with Crippen molar-refractivity contribution in [1.82, 2.24) is 9.88 Å². The number of likely N-dealkylation sites (N-methyl/N-ethyl adjacent to an activating group) is 1. The standard InChI is InChI=1S/C13H19N3OS/c1-2-15-6-8-16(9-7-15)13-14-12-10(17)4-3-5-11(12)18-13/h2-9H2,1H3. The van der Waals surface area contributed by atoms with Crippen LogP contribution in [-0.2, 0) is 6.42 Å². The number of piperazine rings is 1. The van der Waals surface area contributed by atoms with Crippen molar-refractivity contribution in [2.45, 2.75) is 26.2 Å². The molecule has 0 spiro atoms. The highest BCUT2D eigenvalue weighted by Crippen LogP contribution is 2.32. The summed E-state index contributed by atoms with van der Waals surface area (Å²) in [5.41, 5.74) is 0.763. The molecule has 0 N–H and O–H groups in total. The molecule has 1 aliphatic carbocycles. The Labute approximate surface area is 112 Å². The van der Waals surface area contributed by atoms with Gasteiger partial charge in [0.25, 0.3) is 0 Å². The number of fused-ring (bicyclic) bond motifs is 1. The maximum Gasteiger partial charge on any atom is 0.186 e. The fraction of sp³-hybridized carbons (Fsp3) is 0.692. The van der Waals surface area contributed by atoms with Gasteiger partial charge in [0.15, 0.2) is 10.9 Å². The van der Waals surface area contributed by atoms with Crippen molar-refractivity contribution in [3.63, 3.8) is 0 Å². The molecule has 1 aliphatic heterocycles. The van der Waals surface area contributed by atoms with Crippen molar-refractivity contribution >= 4 is 22.3 Å². The topological polar surface area (TPSA) is 36.4 Å². The second-order valence-corrected chi connectivity index (χ2v) is 6.03. The molecule has 1 fully saturated rings. The Morgan fingerprint density at radius 1 is 1.22 bits per heavy atom. The van der Waals surface area contributed by atoms with Crippen LogP contribution in [0.5, 0.6) is 0 Å². The van der Waals surface area contributed by atoms with Gasteiger partial charge in [-0.1, -0.05) is 6.92 Å². The number of thiazole rings is 1. The van der Waals surface area contributed by atoms with Crippen molar-refractivity contribution in [1.29, 1.82) is 0 Å². The zero-order chi connectivity index (χ0) is 12.5. The first-order valence-electron chi connectivity index (χ1n) is 6.78. The van der Waals surface area contributed by atoms with E-state index in [-0.39, 0.29) is 5.78 Å². The number of Topliss-reactive ketones (excluding diaryl/α,β-unsaturated/α-hetero) is 1. The molecule has 0 radical (unpaired) electrons. The van der Waals surface area contributed by atoms with Crippen molar-refractivity contribution in [3.05, 3.63) is 10.6 Å². The lowest BCUT2D eigenvalue weighted by Gasteiger charge is -2.33. The molecule has 2 heterocycles. The van der Waals surface area contributed by atoms with Crippen LogP contribution >= 0.6 is 11.3 Å². The van der Waals surface area contributed by atoms with Gasteiger partial charge in [-0.3, -0.25) is 4.79 Å². The van der Waals surface area contributed by atoms with Gasteiger partial charge in [-0.25, -0.2) is 4.98 Å². The minimum Gasteiger partial charge on any atom is -0.346 e. The smallest absolute Gasteiger partial charge is 0.186 e. The molecular formula is C13H19N3OS. The third-order valence-corrected chi connectivity index (χ3v) is 5.02. The van der Waals surface area contributed by atoms with Crippen molar-refractivity contribution in [2.75, 3.05) is 37.6 Å². The molecule has 1 aromatic rings. The van der Waals surface area contributed by atoms with E-state index in [1.54, 1.807) is 11.3 Å². The van der Waals surface area contributed by atoms with Crippen LogP contribution in [0, 0.1) is 0 Å². The van der Waals surface area contributed by atoms with Crippen molar-refractivity contribution in [3.8, 4) is 0 Å². The van der Waals surface area contributed by atoms with Crippen LogP contribution in [0.1, 0.15) is 35.1 Å². The lowest BCUT2D eigenvalue weighted by atomic mass is 10.0. The van der Waals surface area contributed by atoms with Crippen LogP contribution in [-0.4, -0.2) is 48.4 Å². The minimum atomic E-state index is 0.242. The first-order valence-corrected chi connectivity index (χ1v) is 7.60. The molecule has 1 aromatic heterocycles. The molecule has 0 saturated carbocycles. The molecule has 1 saturated heterocycles. The Kier molecular flexibility index (Phi) is 3.35. The predicted molar refractivity (Wildman–Crippen MR) is 73.7 cm³/mol. The molecule has 5 heteroatoms. The molecule has 0 amide bonds. The minimum absolute atomic E-state index is 0.242. The van der Waals surface area contributed by atoms with Gasteiger partial charge in [-0.15, -0.1) is 11.3 Å². The van der Waals surface area contributed by atoms with E-state index in [1.165, 1.54) is 4.88 Å². The lowest BCUT2D eigenvalue weighted by Crippen LogP contribution is -2.46. The normalized spacial score (nSPS) is 21.2. The van der Waals surface area contributed by atoms with E-state index in [0.717, 1.165) is 56.4 Å². The molecule has 2 aliphatic rings. The molecule has 0 atom stereocenters. The summed E-state index contributed by atoms with van der Waals surface area (Å²) in [5.74, 6) is 0.242. The number of carbonyl (C=O) groups is 1. The number of aryl methyl sites for hydroxylation is 1. The van der Waals surface area contributed by atoms with Gasteiger partial charge in [0.05, 0.1) is 0 Å². The summed E-state index contributed by atoms with van der Waals surface area (Å²) in [4.78, 5) is 22.4. The summed E-state index contributed by atoms with van der Waals surface area (Å²) in [7, 11) is 0. The van der Waals surface area contributed by atoms with E-state index < -0.39 is 0 Å². The van der Waals surface area contributed by atoms with E-state index in [2.05, 4.69) is 21.7 Å². The second-order valence-electron chi connectivity index (χ2n) is 4.97. The highest BCUT2D eigenvalue weighted by Gasteiger charge is 2.25. The maximum atomic E-state index is 11.8. The summed E-state index contributed by atoms with van der Waals surface area (Å²) in [5, 5.41) is 1.06. The van der Waals surface area contributed by atoms with E-state index >= 15 is 0 Å². The zero-order valence-electron chi connectivity index (χ0n) is 10.8. The maximum absolute atomic E-state index is 11.8. The third kappa shape index (κ3) is 2.17. The average Bonchev–Trinajstić information content (AvgIpc) is 2.84. The molecule has 4 nitrogen and oxygen atoms in total. The van der Waals surface area contributed by atoms with Gasteiger partial charge in [0.1, 0.15) is 5.69 Å². The highest BCUT2D eigenvalue weighted by atomic mass is 32.1. The Bertz CT molecular complexity index is 449. The van der Waals surface area contributed by atoms with Crippen LogP contribution in [0.3, 0.4) is 0 Å². The molecule has 3 rings (SSSR count). The van der Waals surface area contributed by atoms with Gasteiger partial charge >= 0.3 is 0 Å². The van der Waals surface area contributed by atoms with Gasteiger partial charge < -0.3 is 9.80 Å². The van der Waals surface area contributed by atoms with Gasteiger partial charge in [0.2, 0.25) is 0 Å². The Hall–Kier alpha value is -0.940. The average molecular weight is 265 g/mol. The zero-order valence-corrected chi connectivity index (χ0v) is 11.6. The van der Waals surface area contributed by atoms with Crippen LogP contribution in [0.2, 0.25) is 0 Å².